The van der Waals surface area contributed by atoms with Crippen LogP contribution in [0.2, 0.25) is 0 Å². The Kier molecular flexibility index (Phi) is 7.76. The van der Waals surface area contributed by atoms with Gasteiger partial charge in [0, 0.05) is 31.8 Å². The molecule has 0 atom stereocenters. The fourth-order valence-corrected chi connectivity index (χ4v) is 2.95. The molecule has 0 fully saturated rings. The van der Waals surface area contributed by atoms with Gasteiger partial charge in [0.1, 0.15) is 5.75 Å². The van der Waals surface area contributed by atoms with E-state index < -0.39 is 0 Å². The number of hydrogen-bond donors (Lipinski definition) is 2. The first-order chi connectivity index (χ1) is 15.0. The number of carbonyl (C=O) groups is 2. The van der Waals surface area contributed by atoms with E-state index in [4.69, 9.17) is 4.74 Å². The second-order valence-corrected chi connectivity index (χ2v) is 7.41. The number of rotatable bonds is 9. The molecule has 3 rings (SSSR count). The number of nitrogens with zero attached hydrogens (tertiary/aromatic N) is 1. The number of aromatic nitrogens is 1. The number of benzene rings is 2. The molecule has 0 saturated heterocycles. The van der Waals surface area contributed by atoms with Gasteiger partial charge in [-0.3, -0.25) is 9.59 Å². The van der Waals surface area contributed by atoms with Crippen molar-refractivity contribution < 1.29 is 14.3 Å². The second kappa shape index (κ2) is 10.9. The van der Waals surface area contributed by atoms with E-state index >= 15 is 0 Å². The van der Waals surface area contributed by atoms with Gasteiger partial charge in [0.05, 0.1) is 6.42 Å². The van der Waals surface area contributed by atoms with Crippen molar-refractivity contribution in [3.63, 3.8) is 0 Å². The van der Waals surface area contributed by atoms with Gasteiger partial charge in [-0.25, -0.2) is 4.98 Å². The highest BCUT2D eigenvalue weighted by atomic mass is 16.5. The van der Waals surface area contributed by atoms with Crippen molar-refractivity contribution in [2.75, 3.05) is 6.54 Å². The number of ether oxygens (including phenoxy) is 1. The molecule has 2 aromatic carbocycles. The number of amides is 2. The van der Waals surface area contributed by atoms with Crippen LogP contribution in [0.1, 0.15) is 28.7 Å². The first-order valence-corrected chi connectivity index (χ1v) is 10.3. The quantitative estimate of drug-likeness (QED) is 0.554. The molecule has 0 saturated carbocycles. The van der Waals surface area contributed by atoms with E-state index in [9.17, 15) is 9.59 Å². The van der Waals surface area contributed by atoms with Crippen LogP contribution in [-0.2, 0) is 22.6 Å². The van der Waals surface area contributed by atoms with Gasteiger partial charge in [-0.1, -0.05) is 48.5 Å². The van der Waals surface area contributed by atoms with E-state index in [1.165, 1.54) is 0 Å². The Balaban J connectivity index is 1.38. The molecule has 1 aromatic heterocycles. The van der Waals surface area contributed by atoms with E-state index in [0.29, 0.717) is 25.4 Å². The first-order valence-electron chi connectivity index (χ1n) is 10.3. The molecule has 0 radical (unpaired) electrons. The maximum Gasteiger partial charge on any atom is 0.224 e. The molecule has 2 amide bonds. The van der Waals surface area contributed by atoms with Crippen LogP contribution in [-0.4, -0.2) is 23.3 Å². The summed E-state index contributed by atoms with van der Waals surface area (Å²) in [5, 5.41) is 5.61. The summed E-state index contributed by atoms with van der Waals surface area (Å²) in [5.74, 6) is 1.06. The molecule has 0 unspecified atom stereocenters. The van der Waals surface area contributed by atoms with Gasteiger partial charge in [-0.05, 0) is 42.2 Å². The Morgan fingerprint density at radius 1 is 0.903 bits per heavy atom. The largest absolute Gasteiger partial charge is 0.439 e. The van der Waals surface area contributed by atoms with Crippen molar-refractivity contribution in [2.24, 2.45) is 0 Å². The van der Waals surface area contributed by atoms with Gasteiger partial charge >= 0.3 is 0 Å². The van der Waals surface area contributed by atoms with Crippen molar-refractivity contribution >= 4 is 11.8 Å². The third-order valence-corrected chi connectivity index (χ3v) is 4.73. The summed E-state index contributed by atoms with van der Waals surface area (Å²) in [6.45, 7) is 4.68. The third kappa shape index (κ3) is 7.26. The summed E-state index contributed by atoms with van der Waals surface area (Å²) in [4.78, 5) is 28.3. The normalized spacial score (nSPS) is 10.4. The average molecular weight is 418 g/mol. The standard InChI is InChI=1S/C25H27N3O3/c1-18-8-9-19(2)22(14-18)31-25-11-10-21(17-28-25)16-27-23(29)12-13-26-24(30)15-20-6-4-3-5-7-20/h3-11,14,17H,12-13,15-16H2,1-2H3,(H,26,30)(H,27,29). The molecule has 1 heterocycles. The van der Waals surface area contributed by atoms with Crippen LogP contribution in [0, 0.1) is 13.8 Å². The summed E-state index contributed by atoms with van der Waals surface area (Å²) in [6.07, 6.45) is 2.22. The van der Waals surface area contributed by atoms with Crippen LogP contribution in [0.15, 0.2) is 66.9 Å². The molecule has 0 spiro atoms. The monoisotopic (exact) mass is 417 g/mol. The Morgan fingerprint density at radius 2 is 1.71 bits per heavy atom. The predicted octanol–water partition coefficient (Wildman–Crippen LogP) is 3.86. The maximum atomic E-state index is 12.0. The van der Waals surface area contributed by atoms with Crippen molar-refractivity contribution in [2.45, 2.75) is 33.2 Å². The Morgan fingerprint density at radius 3 is 2.45 bits per heavy atom. The highest BCUT2D eigenvalue weighted by Gasteiger charge is 2.07. The van der Waals surface area contributed by atoms with Gasteiger partial charge in [-0.2, -0.15) is 0 Å². The highest BCUT2D eigenvalue weighted by Crippen LogP contribution is 2.24. The van der Waals surface area contributed by atoms with Crippen molar-refractivity contribution in [3.8, 4) is 11.6 Å². The van der Waals surface area contributed by atoms with Crippen molar-refractivity contribution in [1.82, 2.24) is 15.6 Å². The lowest BCUT2D eigenvalue weighted by Gasteiger charge is -2.10. The van der Waals surface area contributed by atoms with E-state index in [-0.39, 0.29) is 18.2 Å². The fourth-order valence-electron chi connectivity index (χ4n) is 2.95. The number of nitrogens with one attached hydrogen (secondary N) is 2. The summed E-state index contributed by atoms with van der Waals surface area (Å²) < 4.78 is 5.85. The molecule has 6 nitrogen and oxygen atoms in total. The Hall–Kier alpha value is -3.67. The first kappa shape index (κ1) is 22.0. The van der Waals surface area contributed by atoms with Gasteiger partial charge in [-0.15, -0.1) is 0 Å². The molecule has 2 N–H and O–H groups in total. The molecule has 0 aliphatic carbocycles. The lowest BCUT2D eigenvalue weighted by atomic mass is 10.1. The van der Waals surface area contributed by atoms with Crippen LogP contribution >= 0.6 is 0 Å². The van der Waals surface area contributed by atoms with Gasteiger partial charge in [0.2, 0.25) is 17.7 Å². The number of pyridine rings is 1. The van der Waals surface area contributed by atoms with E-state index in [1.807, 2.05) is 68.4 Å². The third-order valence-electron chi connectivity index (χ3n) is 4.73. The lowest BCUT2D eigenvalue weighted by Crippen LogP contribution is -2.31. The van der Waals surface area contributed by atoms with Gasteiger partial charge in [0.15, 0.2) is 0 Å². The lowest BCUT2D eigenvalue weighted by molar-refractivity contribution is -0.122. The van der Waals surface area contributed by atoms with E-state index in [0.717, 1.165) is 28.0 Å². The molecular formula is C25H27N3O3. The summed E-state index contributed by atoms with van der Waals surface area (Å²) >= 11 is 0. The summed E-state index contributed by atoms with van der Waals surface area (Å²) in [6, 6.07) is 19.2. The number of carbonyl (C=O) groups excluding carboxylic acids is 2. The van der Waals surface area contributed by atoms with Crippen molar-refractivity contribution in [3.05, 3.63) is 89.1 Å². The zero-order chi connectivity index (χ0) is 22.1. The average Bonchev–Trinajstić information content (AvgIpc) is 2.76. The summed E-state index contributed by atoms with van der Waals surface area (Å²) in [5.41, 5.74) is 3.98. The molecule has 6 heteroatoms. The van der Waals surface area contributed by atoms with E-state index in [2.05, 4.69) is 15.6 Å². The predicted molar refractivity (Wildman–Crippen MR) is 120 cm³/mol. The maximum absolute atomic E-state index is 12.0. The molecule has 160 valence electrons. The minimum atomic E-state index is -0.129. The zero-order valence-corrected chi connectivity index (χ0v) is 17.9. The fraction of sp³-hybridized carbons (Fsp3) is 0.240. The van der Waals surface area contributed by atoms with Crippen LogP contribution in [0.5, 0.6) is 11.6 Å². The molecule has 0 bridgehead atoms. The van der Waals surface area contributed by atoms with Crippen LogP contribution in [0.25, 0.3) is 0 Å². The highest BCUT2D eigenvalue weighted by molar-refractivity contribution is 5.80. The zero-order valence-electron chi connectivity index (χ0n) is 17.9. The molecule has 0 aliphatic rings. The van der Waals surface area contributed by atoms with Gasteiger partial charge < -0.3 is 15.4 Å². The Labute approximate surface area is 182 Å². The molecule has 3 aromatic rings. The van der Waals surface area contributed by atoms with Crippen LogP contribution in [0.4, 0.5) is 0 Å². The SMILES string of the molecule is Cc1ccc(C)c(Oc2ccc(CNC(=O)CCNC(=O)Cc3ccccc3)cn2)c1. The minimum absolute atomic E-state index is 0.0948. The molecule has 31 heavy (non-hydrogen) atoms. The Bertz CT molecular complexity index is 1020. The number of hydrogen-bond acceptors (Lipinski definition) is 4. The second-order valence-electron chi connectivity index (χ2n) is 7.41. The smallest absolute Gasteiger partial charge is 0.224 e. The molecule has 0 aliphatic heterocycles. The van der Waals surface area contributed by atoms with E-state index in [1.54, 1.807) is 12.3 Å². The number of aryl methyl sites for hydroxylation is 2. The molecular weight excluding hydrogens is 390 g/mol. The van der Waals surface area contributed by atoms with Crippen LogP contribution in [0.3, 0.4) is 0 Å². The minimum Gasteiger partial charge on any atom is -0.439 e. The van der Waals surface area contributed by atoms with Crippen LogP contribution < -0.4 is 15.4 Å². The summed E-state index contributed by atoms with van der Waals surface area (Å²) in [7, 11) is 0. The van der Waals surface area contributed by atoms with Crippen molar-refractivity contribution in [1.29, 1.82) is 0 Å². The topological polar surface area (TPSA) is 80.3 Å². The van der Waals surface area contributed by atoms with Gasteiger partial charge in [0.25, 0.3) is 0 Å².